The SMILES string of the molecule is Sc1cccc(N(c2ccccc2)c2ccc3cc4c(cc3c2)oc2ccc3oc5cc6cc(N(c7ccccc7)c7cccc8sc9ccccc9c78)ccc6cc5c3c24)c1-c1ccccc1. The van der Waals surface area contributed by atoms with Crippen molar-refractivity contribution in [2.75, 3.05) is 9.80 Å². The summed E-state index contributed by atoms with van der Waals surface area (Å²) in [6, 6.07) is 79.9. The molecule has 11 aromatic carbocycles. The van der Waals surface area contributed by atoms with E-state index in [2.05, 4.69) is 222 Å². The van der Waals surface area contributed by atoms with Crippen LogP contribution in [0.15, 0.2) is 238 Å². The molecular formula is C62H38N2O2S2. The monoisotopic (exact) mass is 906 g/mol. The van der Waals surface area contributed by atoms with Crippen molar-refractivity contribution in [3.63, 3.8) is 0 Å². The van der Waals surface area contributed by atoms with Crippen molar-refractivity contribution in [3.05, 3.63) is 224 Å². The van der Waals surface area contributed by atoms with Crippen LogP contribution in [-0.2, 0) is 0 Å². The van der Waals surface area contributed by atoms with Gasteiger partial charge in [-0.3, -0.25) is 0 Å². The minimum Gasteiger partial charge on any atom is -0.456 e. The van der Waals surface area contributed by atoms with Gasteiger partial charge in [0.2, 0.25) is 0 Å². The Morgan fingerprint density at radius 3 is 1.47 bits per heavy atom. The summed E-state index contributed by atoms with van der Waals surface area (Å²) in [5.41, 5.74) is 12.0. The first-order valence-corrected chi connectivity index (χ1v) is 24.0. The van der Waals surface area contributed by atoms with Crippen LogP contribution in [0.4, 0.5) is 34.1 Å². The average molecular weight is 907 g/mol. The smallest absolute Gasteiger partial charge is 0.136 e. The van der Waals surface area contributed by atoms with Crippen molar-refractivity contribution in [1.82, 2.24) is 0 Å². The van der Waals surface area contributed by atoms with Gasteiger partial charge in [0.1, 0.15) is 22.3 Å². The second-order valence-electron chi connectivity index (χ2n) is 17.4. The van der Waals surface area contributed by atoms with Gasteiger partial charge in [-0.2, -0.15) is 0 Å². The standard InChI is InChI=1S/C62H38N2O2S2/c67-56-23-12-21-50(59(56)38-14-4-1-5-15-38)63(43-16-6-2-7-17-43)45-28-26-39-34-48-54(36-41(39)32-45)65-52-30-31-53-62(61(48)52)49-35-40-27-29-46(33-42(40)37-55(49)66-53)64(44-18-8-3-9-19-44)51-22-13-25-58-60(51)47-20-10-11-24-57(47)68-58/h1-37,67H. The molecule has 0 fully saturated rings. The molecule has 0 saturated carbocycles. The van der Waals surface area contributed by atoms with Crippen LogP contribution in [0.3, 0.4) is 0 Å². The molecule has 3 aromatic heterocycles. The van der Waals surface area contributed by atoms with Crippen LogP contribution < -0.4 is 9.80 Å². The fraction of sp³-hybridized carbons (Fsp3) is 0. The lowest BCUT2D eigenvalue weighted by molar-refractivity contribution is 0.663. The van der Waals surface area contributed by atoms with Gasteiger partial charge < -0.3 is 18.6 Å². The third kappa shape index (κ3) is 6.15. The number of thiol groups is 1. The lowest BCUT2D eigenvalue weighted by atomic mass is 9.99. The highest BCUT2D eigenvalue weighted by Gasteiger charge is 2.23. The van der Waals surface area contributed by atoms with Crippen molar-refractivity contribution in [2.45, 2.75) is 4.90 Å². The molecule has 14 rings (SSSR count). The number of fused-ring (bicyclic) bond motifs is 12. The molecule has 6 heteroatoms. The topological polar surface area (TPSA) is 32.8 Å². The van der Waals surface area contributed by atoms with Gasteiger partial charge >= 0.3 is 0 Å². The molecule has 0 aliphatic carbocycles. The van der Waals surface area contributed by atoms with Crippen molar-refractivity contribution in [3.8, 4) is 11.1 Å². The van der Waals surface area contributed by atoms with Crippen LogP contribution in [0.2, 0.25) is 0 Å². The molecule has 14 aromatic rings. The second-order valence-corrected chi connectivity index (χ2v) is 19.0. The normalized spacial score (nSPS) is 11.9. The summed E-state index contributed by atoms with van der Waals surface area (Å²) in [6.07, 6.45) is 0. The van der Waals surface area contributed by atoms with E-state index in [0.29, 0.717) is 0 Å². The van der Waals surface area contributed by atoms with E-state index < -0.39 is 0 Å². The highest BCUT2D eigenvalue weighted by molar-refractivity contribution is 7.80. The van der Waals surface area contributed by atoms with Crippen LogP contribution in [-0.4, -0.2) is 0 Å². The maximum atomic E-state index is 6.75. The van der Waals surface area contributed by atoms with E-state index in [4.69, 9.17) is 21.5 Å². The minimum atomic E-state index is 0.832. The molecule has 0 atom stereocenters. The van der Waals surface area contributed by atoms with E-state index in [1.165, 1.54) is 20.2 Å². The molecule has 0 spiro atoms. The number of anilines is 6. The van der Waals surface area contributed by atoms with Crippen LogP contribution in [0, 0.1) is 0 Å². The van der Waals surface area contributed by atoms with Crippen molar-refractivity contribution < 1.29 is 8.83 Å². The van der Waals surface area contributed by atoms with Crippen LogP contribution in [0.5, 0.6) is 0 Å². The lowest BCUT2D eigenvalue weighted by Crippen LogP contribution is -2.11. The highest BCUT2D eigenvalue weighted by atomic mass is 32.1. The predicted octanol–water partition coefficient (Wildman–Crippen LogP) is 19.1. The van der Waals surface area contributed by atoms with Crippen LogP contribution in [0.1, 0.15) is 0 Å². The molecule has 0 bridgehead atoms. The summed E-state index contributed by atoms with van der Waals surface area (Å²) < 4.78 is 16.1. The fourth-order valence-electron chi connectivity index (χ4n) is 10.4. The van der Waals surface area contributed by atoms with E-state index >= 15 is 0 Å². The Labute approximate surface area is 400 Å². The van der Waals surface area contributed by atoms with Gasteiger partial charge in [0, 0.05) is 74.9 Å². The van der Waals surface area contributed by atoms with Crippen molar-refractivity contribution in [2.24, 2.45) is 0 Å². The fourth-order valence-corrected chi connectivity index (χ4v) is 11.9. The summed E-state index contributed by atoms with van der Waals surface area (Å²) in [5.74, 6) is 0. The van der Waals surface area contributed by atoms with Crippen molar-refractivity contribution in [1.29, 1.82) is 0 Å². The van der Waals surface area contributed by atoms with Gasteiger partial charge in [-0.25, -0.2) is 0 Å². The number of rotatable bonds is 7. The molecular weight excluding hydrogens is 869 g/mol. The lowest BCUT2D eigenvalue weighted by Gasteiger charge is -2.28. The Morgan fingerprint density at radius 2 is 0.853 bits per heavy atom. The summed E-state index contributed by atoms with van der Waals surface area (Å²) in [4.78, 5) is 5.63. The molecule has 0 N–H and O–H groups in total. The zero-order chi connectivity index (χ0) is 44.9. The van der Waals surface area contributed by atoms with Crippen LogP contribution in [0.25, 0.3) is 96.7 Å². The highest BCUT2D eigenvalue weighted by Crippen LogP contribution is 2.48. The number of benzene rings is 11. The molecule has 0 amide bonds. The Morgan fingerprint density at radius 1 is 0.338 bits per heavy atom. The zero-order valence-corrected chi connectivity index (χ0v) is 38.1. The van der Waals surface area contributed by atoms with E-state index in [0.717, 1.165) is 116 Å². The Balaban J connectivity index is 0.905. The number of hydrogen-bond donors (Lipinski definition) is 1. The molecule has 0 saturated heterocycles. The maximum absolute atomic E-state index is 6.75. The predicted molar refractivity (Wildman–Crippen MR) is 291 cm³/mol. The Bertz CT molecular complexity index is 4290. The molecule has 0 unspecified atom stereocenters. The molecule has 0 radical (unpaired) electrons. The van der Waals surface area contributed by atoms with Gasteiger partial charge in [-0.15, -0.1) is 24.0 Å². The first-order valence-electron chi connectivity index (χ1n) is 22.8. The van der Waals surface area contributed by atoms with Gasteiger partial charge in [-0.05, 0) is 142 Å². The minimum absolute atomic E-state index is 0.832. The number of hydrogen-bond acceptors (Lipinski definition) is 6. The Kier molecular flexibility index (Phi) is 8.81. The number of nitrogens with zero attached hydrogens (tertiary/aromatic N) is 2. The number of para-hydroxylation sites is 2. The third-order valence-electron chi connectivity index (χ3n) is 13.4. The molecule has 68 heavy (non-hydrogen) atoms. The average Bonchev–Trinajstić information content (AvgIpc) is 4.07. The summed E-state index contributed by atoms with van der Waals surface area (Å²) in [7, 11) is 0. The summed E-state index contributed by atoms with van der Waals surface area (Å²) >= 11 is 6.83. The molecule has 3 heterocycles. The number of thiophene rings is 1. The quantitative estimate of drug-likeness (QED) is 0.162. The zero-order valence-electron chi connectivity index (χ0n) is 36.4. The van der Waals surface area contributed by atoms with E-state index in [9.17, 15) is 0 Å². The second kappa shape index (κ2) is 15.4. The third-order valence-corrected chi connectivity index (χ3v) is 15.0. The van der Waals surface area contributed by atoms with Crippen molar-refractivity contribution >= 4 is 144 Å². The van der Waals surface area contributed by atoms with Gasteiger partial charge in [0.25, 0.3) is 0 Å². The maximum Gasteiger partial charge on any atom is 0.136 e. The summed E-state index contributed by atoms with van der Waals surface area (Å²) in [5, 5.41) is 11.2. The molecule has 0 aliphatic heterocycles. The molecule has 0 aliphatic rings. The Hall–Kier alpha value is -8.29. The first-order chi connectivity index (χ1) is 33.6. The molecule has 320 valence electrons. The van der Waals surface area contributed by atoms with Gasteiger partial charge in [0.15, 0.2) is 0 Å². The largest absolute Gasteiger partial charge is 0.456 e. The summed E-state index contributed by atoms with van der Waals surface area (Å²) in [6.45, 7) is 0. The van der Waals surface area contributed by atoms with Crippen LogP contribution >= 0.6 is 24.0 Å². The van der Waals surface area contributed by atoms with E-state index in [-0.39, 0.29) is 0 Å². The van der Waals surface area contributed by atoms with E-state index in [1.807, 2.05) is 23.5 Å². The van der Waals surface area contributed by atoms with Gasteiger partial charge in [0.05, 0.1) is 11.4 Å². The number of furan rings is 2. The van der Waals surface area contributed by atoms with Gasteiger partial charge in [-0.1, -0.05) is 109 Å². The van der Waals surface area contributed by atoms with E-state index in [1.54, 1.807) is 0 Å². The first kappa shape index (κ1) is 38.9. The molecule has 4 nitrogen and oxygen atoms in total.